The third-order valence-electron chi connectivity index (χ3n) is 1.33. The number of ether oxygens (including phenoxy) is 2. The van der Waals surface area contributed by atoms with Gasteiger partial charge in [-0.05, 0) is 6.92 Å². The molecule has 0 aliphatic carbocycles. The van der Waals surface area contributed by atoms with Gasteiger partial charge in [0.25, 0.3) is 0 Å². The van der Waals surface area contributed by atoms with E-state index >= 15 is 0 Å². The largest absolute Gasteiger partial charge is 0.452 e. The highest BCUT2D eigenvalue weighted by molar-refractivity contribution is 8.17. The van der Waals surface area contributed by atoms with Crippen molar-refractivity contribution in [2.45, 2.75) is 32.1 Å². The predicted octanol–water partition coefficient (Wildman–Crippen LogP) is 1.70. The van der Waals surface area contributed by atoms with Crippen molar-refractivity contribution < 1.29 is 14.3 Å². The van der Waals surface area contributed by atoms with Crippen molar-refractivity contribution >= 4 is 34.3 Å². The Labute approximate surface area is 98.9 Å². The number of rotatable bonds is 5. The van der Waals surface area contributed by atoms with Crippen LogP contribution in [0.25, 0.3) is 0 Å². The quantitative estimate of drug-likeness (QED) is 0.442. The van der Waals surface area contributed by atoms with Crippen molar-refractivity contribution in [3.8, 4) is 6.07 Å². The second-order valence-electron chi connectivity index (χ2n) is 2.61. The van der Waals surface area contributed by atoms with Crippen molar-refractivity contribution in [1.82, 2.24) is 0 Å². The molecule has 0 radical (unpaired) electrons. The first-order valence-electron chi connectivity index (χ1n) is 4.53. The number of nitrogens with zero attached hydrogens (tertiary/aromatic N) is 1. The number of hydrogen-bond acceptors (Lipinski definition) is 4. The number of carbonyl (C=O) groups is 1. The number of carbonyl (C=O) groups excluding carboxylic acids is 1. The molecule has 0 spiro atoms. The monoisotopic (exact) mass is 249 g/mol. The Morgan fingerprint density at radius 2 is 2.33 bits per heavy atom. The fourth-order valence-corrected chi connectivity index (χ4v) is 2.24. The van der Waals surface area contributed by atoms with Crippen LogP contribution in [-0.2, 0) is 14.3 Å². The summed E-state index contributed by atoms with van der Waals surface area (Å²) in [6.45, 7) is 3.71. The fraction of sp³-hybridized carbons (Fsp3) is 0.667. The van der Waals surface area contributed by atoms with Crippen LogP contribution in [0.15, 0.2) is 0 Å². The molecule has 0 bridgehead atoms. The van der Waals surface area contributed by atoms with Gasteiger partial charge in [-0.3, -0.25) is 4.79 Å². The van der Waals surface area contributed by atoms with E-state index in [2.05, 4.69) is 12.6 Å². The van der Waals surface area contributed by atoms with E-state index in [1.54, 1.807) is 0 Å². The van der Waals surface area contributed by atoms with E-state index < -0.39 is 0 Å². The highest BCUT2D eigenvalue weighted by Gasteiger charge is 2.09. The van der Waals surface area contributed by atoms with Gasteiger partial charge in [0.2, 0.25) is 0 Å². The molecule has 86 valence electrons. The summed E-state index contributed by atoms with van der Waals surface area (Å²) in [5.41, 5.74) is -0.346. The zero-order chi connectivity index (χ0) is 11.7. The molecule has 0 aromatic heterocycles. The van der Waals surface area contributed by atoms with Crippen molar-refractivity contribution in [3.05, 3.63) is 0 Å². The lowest BCUT2D eigenvalue weighted by Crippen LogP contribution is -2.12. The Hall–Kier alpha value is -0.510. The molecule has 0 fully saturated rings. The molecule has 1 atom stereocenters. The normalized spacial score (nSPS) is 13.6. The minimum absolute atomic E-state index is 0.345. The molecule has 0 N–H and O–H groups in total. The van der Waals surface area contributed by atoms with Gasteiger partial charge in [-0.25, -0.2) is 0 Å². The summed E-state index contributed by atoms with van der Waals surface area (Å²) >= 11 is 4.79. The van der Waals surface area contributed by atoms with E-state index in [0.29, 0.717) is 35.2 Å². The molecule has 0 aliphatic rings. The van der Waals surface area contributed by atoms with Crippen LogP contribution in [-0.4, -0.2) is 22.4 Å². The minimum atomic E-state index is -0.358. The molecule has 0 heterocycles. The van der Waals surface area contributed by atoms with Crippen LogP contribution < -0.4 is 0 Å². The highest BCUT2D eigenvalue weighted by atomic mass is 32.2. The lowest BCUT2D eigenvalue weighted by atomic mass is 10.3. The third-order valence-corrected chi connectivity index (χ3v) is 2.81. The molecule has 6 heteroatoms. The van der Waals surface area contributed by atoms with E-state index in [9.17, 15) is 4.79 Å². The van der Waals surface area contributed by atoms with E-state index in [1.807, 2.05) is 13.0 Å². The van der Waals surface area contributed by atoms with E-state index in [0.717, 1.165) is 0 Å². The maximum atomic E-state index is 10.8. The molecule has 0 saturated carbocycles. The molecule has 0 saturated heterocycles. The summed E-state index contributed by atoms with van der Waals surface area (Å²) in [4.78, 5) is 10.8. The SMILES string of the molecule is CCOC(S)=[SH]C(CCC#N)OC(C)=O. The van der Waals surface area contributed by atoms with Gasteiger partial charge >= 0.3 is 5.97 Å². The van der Waals surface area contributed by atoms with Crippen LogP contribution in [0.1, 0.15) is 26.7 Å². The molecule has 0 rings (SSSR count). The zero-order valence-corrected chi connectivity index (χ0v) is 10.6. The maximum absolute atomic E-state index is 10.8. The average Bonchev–Trinajstić information content (AvgIpc) is 2.13. The molecule has 0 aliphatic heterocycles. The zero-order valence-electron chi connectivity index (χ0n) is 8.77. The van der Waals surface area contributed by atoms with Gasteiger partial charge < -0.3 is 9.47 Å². The van der Waals surface area contributed by atoms with E-state index in [4.69, 9.17) is 14.7 Å². The van der Waals surface area contributed by atoms with Crippen molar-refractivity contribution in [3.63, 3.8) is 0 Å². The smallest absolute Gasteiger partial charge is 0.303 e. The van der Waals surface area contributed by atoms with Gasteiger partial charge in [0.1, 0.15) is 9.82 Å². The summed E-state index contributed by atoms with van der Waals surface area (Å²) in [5.74, 6) is -0.358. The topological polar surface area (TPSA) is 59.3 Å². The molecule has 0 amide bonds. The van der Waals surface area contributed by atoms with Crippen molar-refractivity contribution in [2.75, 3.05) is 6.61 Å². The van der Waals surface area contributed by atoms with E-state index in [-0.39, 0.29) is 11.4 Å². The number of hydrogen-bond donors (Lipinski definition) is 2. The molecule has 0 aromatic rings. The summed E-state index contributed by atoms with van der Waals surface area (Å²) in [6.07, 6.45) is 0.840. The lowest BCUT2D eigenvalue weighted by Gasteiger charge is -2.12. The van der Waals surface area contributed by atoms with Crippen LogP contribution in [0, 0.1) is 11.3 Å². The summed E-state index contributed by atoms with van der Waals surface area (Å²) in [7, 11) is 0. The van der Waals surface area contributed by atoms with Crippen LogP contribution in [0.3, 0.4) is 0 Å². The van der Waals surface area contributed by atoms with Gasteiger partial charge in [0, 0.05) is 19.8 Å². The van der Waals surface area contributed by atoms with Gasteiger partial charge in [-0.2, -0.15) is 5.26 Å². The third kappa shape index (κ3) is 8.48. The Bertz CT molecular complexity index is 273. The molecule has 0 aromatic carbocycles. The second kappa shape index (κ2) is 8.77. The lowest BCUT2D eigenvalue weighted by molar-refractivity contribution is -0.142. The molecular weight excluding hydrogens is 234 g/mol. The Morgan fingerprint density at radius 3 is 2.80 bits per heavy atom. The van der Waals surface area contributed by atoms with Crippen LogP contribution in [0.5, 0.6) is 0 Å². The fourth-order valence-electron chi connectivity index (χ4n) is 0.819. The van der Waals surface area contributed by atoms with Crippen LogP contribution in [0.4, 0.5) is 0 Å². The van der Waals surface area contributed by atoms with Gasteiger partial charge in [0.05, 0.1) is 12.7 Å². The van der Waals surface area contributed by atoms with Gasteiger partial charge in [-0.1, -0.05) is 0 Å². The Morgan fingerprint density at radius 1 is 1.67 bits per heavy atom. The second-order valence-corrected chi connectivity index (χ2v) is 4.60. The number of thiol groups is 2. The van der Waals surface area contributed by atoms with Crippen molar-refractivity contribution in [1.29, 1.82) is 5.26 Å². The first kappa shape index (κ1) is 14.5. The summed E-state index contributed by atoms with van der Waals surface area (Å²) < 4.78 is 10.6. The number of esters is 1. The maximum Gasteiger partial charge on any atom is 0.303 e. The first-order chi connectivity index (χ1) is 7.10. The Kier molecular flexibility index (Phi) is 8.47. The molecule has 4 nitrogen and oxygen atoms in total. The highest BCUT2D eigenvalue weighted by Crippen LogP contribution is 2.14. The van der Waals surface area contributed by atoms with Crippen LogP contribution >= 0.6 is 24.0 Å². The summed E-state index contributed by atoms with van der Waals surface area (Å²) in [6, 6.07) is 2.01. The Balaban J connectivity index is 4.28. The molecule has 1 unspecified atom stereocenters. The average molecular weight is 249 g/mol. The number of nitriles is 1. The summed E-state index contributed by atoms with van der Waals surface area (Å²) in [5, 5.41) is 8.44. The van der Waals surface area contributed by atoms with Crippen molar-refractivity contribution in [2.24, 2.45) is 0 Å². The van der Waals surface area contributed by atoms with Gasteiger partial charge in [-0.15, -0.1) is 24.0 Å². The molecule has 15 heavy (non-hydrogen) atoms. The standard InChI is InChI=1S/C9H15NO3S2/c1-3-12-9(14)15-8(5-4-6-10)13-7(2)11/h8,14-15H,3-5H2,1-2H3. The van der Waals surface area contributed by atoms with Crippen LogP contribution in [0.2, 0.25) is 0 Å². The van der Waals surface area contributed by atoms with Gasteiger partial charge in [0.15, 0.2) is 0 Å². The first-order valence-corrected chi connectivity index (χ1v) is 5.95. The van der Waals surface area contributed by atoms with E-state index in [1.165, 1.54) is 6.92 Å². The molecular formula is C9H15NO3S2. The minimum Gasteiger partial charge on any atom is -0.452 e. The predicted molar refractivity (Wildman–Crippen MR) is 65.0 cm³/mol.